The van der Waals surface area contributed by atoms with Gasteiger partial charge in [0.2, 0.25) is 0 Å². The summed E-state index contributed by atoms with van der Waals surface area (Å²) in [6.07, 6.45) is 4.30. The number of rotatable bonds is 6. The summed E-state index contributed by atoms with van der Waals surface area (Å²) < 4.78 is 16.4. The maximum absolute atomic E-state index is 5.72. The van der Waals surface area contributed by atoms with E-state index in [1.807, 2.05) is 44.2 Å². The molecule has 1 fully saturated rings. The van der Waals surface area contributed by atoms with Crippen LogP contribution in [-0.2, 0) is 4.74 Å². The van der Waals surface area contributed by atoms with Crippen LogP contribution in [0.25, 0.3) is 6.08 Å². The van der Waals surface area contributed by atoms with Gasteiger partial charge in [-0.3, -0.25) is 0 Å². The molecule has 0 spiro atoms. The van der Waals surface area contributed by atoms with Gasteiger partial charge in [-0.1, -0.05) is 18.2 Å². The first kappa shape index (κ1) is 12.0. The molecule has 0 aromatic heterocycles. The van der Waals surface area contributed by atoms with Crippen LogP contribution in [0.2, 0.25) is 0 Å². The maximum atomic E-state index is 5.72. The van der Waals surface area contributed by atoms with Gasteiger partial charge in [0.15, 0.2) is 11.5 Å². The summed E-state index contributed by atoms with van der Waals surface area (Å²) in [6.45, 7) is 6.00. The minimum absolute atomic E-state index is 0.259. The van der Waals surface area contributed by atoms with Gasteiger partial charge in [-0.15, -0.1) is 0 Å². The fraction of sp³-hybridized carbons (Fsp3) is 0.429. The number of epoxide rings is 1. The molecule has 92 valence electrons. The van der Waals surface area contributed by atoms with Crippen molar-refractivity contribution in [2.24, 2.45) is 0 Å². The van der Waals surface area contributed by atoms with E-state index in [1.165, 1.54) is 0 Å². The molecule has 1 heterocycles. The summed E-state index contributed by atoms with van der Waals surface area (Å²) in [4.78, 5) is 0. The molecule has 0 saturated carbocycles. The second kappa shape index (κ2) is 5.73. The molecule has 1 aromatic rings. The normalized spacial score (nSPS) is 18.4. The number of hydrogen-bond donors (Lipinski definition) is 0. The van der Waals surface area contributed by atoms with Crippen molar-refractivity contribution in [3.05, 3.63) is 29.8 Å². The van der Waals surface area contributed by atoms with E-state index in [2.05, 4.69) is 0 Å². The molecular weight excluding hydrogens is 216 g/mol. The van der Waals surface area contributed by atoms with E-state index >= 15 is 0 Å². The van der Waals surface area contributed by atoms with Crippen molar-refractivity contribution in [3.63, 3.8) is 0 Å². The number of benzene rings is 1. The number of ether oxygens (including phenoxy) is 3. The molecule has 2 rings (SSSR count). The minimum atomic E-state index is 0.259. The highest BCUT2D eigenvalue weighted by Crippen LogP contribution is 2.29. The quantitative estimate of drug-likeness (QED) is 0.709. The van der Waals surface area contributed by atoms with Crippen LogP contribution in [0.5, 0.6) is 11.5 Å². The summed E-state index contributed by atoms with van der Waals surface area (Å²) in [5.41, 5.74) is 1.11. The molecule has 3 nitrogen and oxygen atoms in total. The Hall–Kier alpha value is -1.48. The van der Waals surface area contributed by atoms with E-state index in [0.29, 0.717) is 13.2 Å². The molecule has 1 aliphatic rings. The largest absolute Gasteiger partial charge is 0.490 e. The molecule has 1 atom stereocenters. The molecular formula is C14H18O3. The predicted molar refractivity (Wildman–Crippen MR) is 67.6 cm³/mol. The van der Waals surface area contributed by atoms with Gasteiger partial charge in [0.05, 0.1) is 13.2 Å². The molecule has 1 aromatic carbocycles. The van der Waals surface area contributed by atoms with Crippen molar-refractivity contribution in [1.29, 1.82) is 0 Å². The average molecular weight is 234 g/mol. The van der Waals surface area contributed by atoms with Gasteiger partial charge in [-0.2, -0.15) is 0 Å². The Balaban J connectivity index is 2.12. The van der Waals surface area contributed by atoms with Crippen LogP contribution in [0.1, 0.15) is 19.4 Å². The van der Waals surface area contributed by atoms with Gasteiger partial charge in [0.25, 0.3) is 0 Å². The van der Waals surface area contributed by atoms with Crippen molar-refractivity contribution in [2.45, 2.75) is 20.0 Å². The molecule has 1 saturated heterocycles. The zero-order valence-electron chi connectivity index (χ0n) is 10.3. The van der Waals surface area contributed by atoms with Gasteiger partial charge in [0, 0.05) is 0 Å². The second-order valence-corrected chi connectivity index (χ2v) is 3.91. The lowest BCUT2D eigenvalue weighted by atomic mass is 10.2. The minimum Gasteiger partial charge on any atom is -0.490 e. The van der Waals surface area contributed by atoms with E-state index in [1.54, 1.807) is 0 Å². The first-order valence-electron chi connectivity index (χ1n) is 5.97. The lowest BCUT2D eigenvalue weighted by Gasteiger charge is -2.11. The SMILES string of the molecule is C/C=C\c1ccc(OCC)c(OCC2CO2)c1. The highest BCUT2D eigenvalue weighted by molar-refractivity contribution is 5.55. The zero-order valence-corrected chi connectivity index (χ0v) is 10.3. The molecule has 0 aliphatic carbocycles. The van der Waals surface area contributed by atoms with Crippen molar-refractivity contribution < 1.29 is 14.2 Å². The summed E-state index contributed by atoms with van der Waals surface area (Å²) in [5.74, 6) is 1.58. The van der Waals surface area contributed by atoms with E-state index < -0.39 is 0 Å². The molecule has 17 heavy (non-hydrogen) atoms. The Kier molecular flexibility index (Phi) is 4.04. The fourth-order valence-electron chi connectivity index (χ4n) is 1.56. The van der Waals surface area contributed by atoms with Gasteiger partial charge in [0.1, 0.15) is 12.7 Å². The summed E-state index contributed by atoms with van der Waals surface area (Å²) >= 11 is 0. The lowest BCUT2D eigenvalue weighted by Crippen LogP contribution is -2.06. The Labute approximate surface area is 102 Å². The Bertz CT molecular complexity index is 394. The highest BCUT2D eigenvalue weighted by Gasteiger charge is 2.23. The van der Waals surface area contributed by atoms with Crippen LogP contribution in [0, 0.1) is 0 Å². The molecule has 1 aliphatic heterocycles. The van der Waals surface area contributed by atoms with Crippen LogP contribution in [-0.4, -0.2) is 25.9 Å². The highest BCUT2D eigenvalue weighted by atomic mass is 16.6. The molecule has 1 unspecified atom stereocenters. The Morgan fingerprint density at radius 3 is 2.82 bits per heavy atom. The van der Waals surface area contributed by atoms with Gasteiger partial charge >= 0.3 is 0 Å². The van der Waals surface area contributed by atoms with Crippen LogP contribution >= 0.6 is 0 Å². The lowest BCUT2D eigenvalue weighted by molar-refractivity contribution is 0.245. The molecule has 3 heteroatoms. The predicted octanol–water partition coefficient (Wildman–Crippen LogP) is 2.90. The first-order valence-corrected chi connectivity index (χ1v) is 5.97. The van der Waals surface area contributed by atoms with Crippen molar-refractivity contribution >= 4 is 6.08 Å². The summed E-state index contributed by atoms with van der Waals surface area (Å²) in [5, 5.41) is 0. The van der Waals surface area contributed by atoms with Crippen molar-refractivity contribution in [2.75, 3.05) is 19.8 Å². The fourth-order valence-corrected chi connectivity index (χ4v) is 1.56. The van der Waals surface area contributed by atoms with Gasteiger partial charge in [-0.05, 0) is 31.5 Å². The number of allylic oxidation sites excluding steroid dienone is 1. The molecule has 0 radical (unpaired) electrons. The van der Waals surface area contributed by atoms with E-state index in [4.69, 9.17) is 14.2 Å². The summed E-state index contributed by atoms with van der Waals surface area (Å²) in [6, 6.07) is 5.96. The third kappa shape index (κ3) is 3.49. The zero-order chi connectivity index (χ0) is 12.1. The molecule has 0 bridgehead atoms. The summed E-state index contributed by atoms with van der Waals surface area (Å²) in [7, 11) is 0. The smallest absolute Gasteiger partial charge is 0.161 e. The van der Waals surface area contributed by atoms with Crippen LogP contribution in [0.4, 0.5) is 0 Å². The monoisotopic (exact) mass is 234 g/mol. The molecule has 0 amide bonds. The number of hydrogen-bond acceptors (Lipinski definition) is 3. The van der Waals surface area contributed by atoms with Gasteiger partial charge < -0.3 is 14.2 Å². The van der Waals surface area contributed by atoms with Gasteiger partial charge in [-0.25, -0.2) is 0 Å². The van der Waals surface area contributed by atoms with E-state index in [0.717, 1.165) is 23.7 Å². The van der Waals surface area contributed by atoms with E-state index in [9.17, 15) is 0 Å². The molecule has 0 N–H and O–H groups in total. The van der Waals surface area contributed by atoms with Crippen molar-refractivity contribution in [3.8, 4) is 11.5 Å². The maximum Gasteiger partial charge on any atom is 0.161 e. The third-order valence-electron chi connectivity index (χ3n) is 2.45. The average Bonchev–Trinajstić information content (AvgIpc) is 3.14. The standard InChI is InChI=1S/C14H18O3/c1-3-5-11-6-7-13(15-4-2)14(8-11)17-10-12-9-16-12/h3,5-8,12H,4,9-10H2,1-2H3/b5-3-. The second-order valence-electron chi connectivity index (χ2n) is 3.91. The first-order chi connectivity index (χ1) is 8.33. The van der Waals surface area contributed by atoms with E-state index in [-0.39, 0.29) is 6.10 Å². The van der Waals surface area contributed by atoms with Crippen molar-refractivity contribution in [1.82, 2.24) is 0 Å². The Morgan fingerprint density at radius 2 is 2.18 bits per heavy atom. The van der Waals surface area contributed by atoms with Crippen LogP contribution < -0.4 is 9.47 Å². The third-order valence-corrected chi connectivity index (χ3v) is 2.45. The van der Waals surface area contributed by atoms with Crippen LogP contribution in [0.3, 0.4) is 0 Å². The van der Waals surface area contributed by atoms with Crippen LogP contribution in [0.15, 0.2) is 24.3 Å². The Morgan fingerprint density at radius 1 is 1.35 bits per heavy atom. The topological polar surface area (TPSA) is 31.0 Å².